The number of hydrogen-bond donors (Lipinski definition) is 1. The first-order chi connectivity index (χ1) is 12.9. The van der Waals surface area contributed by atoms with Gasteiger partial charge in [-0.2, -0.15) is 0 Å². The van der Waals surface area contributed by atoms with Gasteiger partial charge in [-0.05, 0) is 6.92 Å². The Balaban J connectivity index is 2.42. The zero-order valence-corrected chi connectivity index (χ0v) is 15.5. The molecule has 0 radical (unpaired) electrons. The number of nitrogens with zero attached hydrogens (tertiary/aromatic N) is 1. The Morgan fingerprint density at radius 1 is 1.11 bits per heavy atom. The fourth-order valence-corrected chi connectivity index (χ4v) is 2.67. The molecule has 1 saturated heterocycles. The number of aromatic nitrogens is 2. The monoisotopic (exact) mass is 384 g/mol. The second kappa shape index (κ2) is 9.47. The van der Waals surface area contributed by atoms with Gasteiger partial charge in [0.2, 0.25) is 0 Å². The SMILES string of the molecule is CCOC[C@H]1O[C@@H](n2ccc(=O)[nH]c2=O)[C@@H](OC(=O)CC)C1OC(=O)CC. The van der Waals surface area contributed by atoms with Crippen molar-refractivity contribution in [3.05, 3.63) is 33.1 Å². The molecule has 4 atom stereocenters. The Morgan fingerprint density at radius 2 is 1.74 bits per heavy atom. The van der Waals surface area contributed by atoms with Crippen molar-refractivity contribution in [2.24, 2.45) is 0 Å². The summed E-state index contributed by atoms with van der Waals surface area (Å²) in [5.74, 6) is -1.04. The van der Waals surface area contributed by atoms with Crippen LogP contribution in [-0.2, 0) is 28.5 Å². The minimum atomic E-state index is -1.08. The molecule has 0 amide bonds. The molecule has 27 heavy (non-hydrogen) atoms. The smallest absolute Gasteiger partial charge is 0.330 e. The van der Waals surface area contributed by atoms with Crippen molar-refractivity contribution in [3.63, 3.8) is 0 Å². The molecule has 0 saturated carbocycles. The van der Waals surface area contributed by atoms with Crippen LogP contribution in [0.5, 0.6) is 0 Å². The molecular weight excluding hydrogens is 360 g/mol. The van der Waals surface area contributed by atoms with E-state index in [-0.39, 0.29) is 19.4 Å². The summed E-state index contributed by atoms with van der Waals surface area (Å²) >= 11 is 0. The zero-order valence-electron chi connectivity index (χ0n) is 15.5. The lowest BCUT2D eigenvalue weighted by molar-refractivity contribution is -0.168. The molecule has 0 spiro atoms. The van der Waals surface area contributed by atoms with Crippen LogP contribution in [0.1, 0.15) is 39.8 Å². The molecule has 2 rings (SSSR count). The van der Waals surface area contributed by atoms with Gasteiger partial charge in [0.05, 0.1) is 6.61 Å². The molecule has 0 aromatic carbocycles. The highest BCUT2D eigenvalue weighted by atomic mass is 16.7. The summed E-state index contributed by atoms with van der Waals surface area (Å²) in [7, 11) is 0. The van der Waals surface area contributed by atoms with Gasteiger partial charge in [-0.3, -0.25) is 23.9 Å². The van der Waals surface area contributed by atoms with Gasteiger partial charge in [0.15, 0.2) is 18.4 Å². The van der Waals surface area contributed by atoms with Crippen LogP contribution in [0.15, 0.2) is 21.9 Å². The molecule has 1 aliphatic heterocycles. The van der Waals surface area contributed by atoms with Crippen molar-refractivity contribution < 1.29 is 28.5 Å². The van der Waals surface area contributed by atoms with E-state index in [4.69, 9.17) is 18.9 Å². The molecule has 1 aromatic heterocycles. The first-order valence-corrected chi connectivity index (χ1v) is 8.84. The van der Waals surface area contributed by atoms with Crippen molar-refractivity contribution in [2.45, 2.75) is 58.2 Å². The highest BCUT2D eigenvalue weighted by Gasteiger charge is 2.50. The maximum absolute atomic E-state index is 12.2. The zero-order chi connectivity index (χ0) is 20.0. The largest absolute Gasteiger partial charge is 0.455 e. The highest BCUT2D eigenvalue weighted by Crippen LogP contribution is 2.33. The lowest BCUT2D eigenvalue weighted by Gasteiger charge is -2.24. The molecule has 0 aliphatic carbocycles. The third-order valence-corrected chi connectivity index (χ3v) is 4.01. The van der Waals surface area contributed by atoms with E-state index in [1.165, 1.54) is 6.20 Å². The van der Waals surface area contributed by atoms with E-state index < -0.39 is 47.7 Å². The van der Waals surface area contributed by atoms with Gasteiger partial charge in [-0.1, -0.05) is 13.8 Å². The van der Waals surface area contributed by atoms with Crippen molar-refractivity contribution >= 4 is 11.9 Å². The Labute approximate surface area is 155 Å². The minimum absolute atomic E-state index is 0.0763. The molecule has 10 nitrogen and oxygen atoms in total. The van der Waals surface area contributed by atoms with E-state index in [9.17, 15) is 19.2 Å². The van der Waals surface area contributed by atoms with Crippen molar-refractivity contribution in [1.29, 1.82) is 0 Å². The Bertz CT molecular complexity index is 771. The highest BCUT2D eigenvalue weighted by molar-refractivity contribution is 5.70. The number of ether oxygens (including phenoxy) is 4. The summed E-state index contributed by atoms with van der Waals surface area (Å²) in [4.78, 5) is 49.4. The van der Waals surface area contributed by atoms with Crippen LogP contribution in [0.2, 0.25) is 0 Å². The number of esters is 2. The van der Waals surface area contributed by atoms with Crippen LogP contribution in [0.25, 0.3) is 0 Å². The Morgan fingerprint density at radius 3 is 2.30 bits per heavy atom. The predicted octanol–water partition coefficient (Wildman–Crippen LogP) is 0.114. The predicted molar refractivity (Wildman–Crippen MR) is 92.1 cm³/mol. The molecule has 2 heterocycles. The van der Waals surface area contributed by atoms with Crippen LogP contribution >= 0.6 is 0 Å². The summed E-state index contributed by atoms with van der Waals surface area (Å²) in [6.45, 7) is 5.52. The fraction of sp³-hybridized carbons (Fsp3) is 0.647. The van der Waals surface area contributed by atoms with Gasteiger partial charge >= 0.3 is 17.6 Å². The Hall–Kier alpha value is -2.46. The second-order valence-corrected chi connectivity index (χ2v) is 5.86. The number of H-pyrrole nitrogens is 1. The molecule has 1 unspecified atom stereocenters. The molecule has 0 bridgehead atoms. The summed E-state index contributed by atoms with van der Waals surface area (Å²) in [6.07, 6.45) is -2.40. The maximum Gasteiger partial charge on any atom is 0.330 e. The molecular formula is C17H24N2O8. The summed E-state index contributed by atoms with van der Waals surface area (Å²) in [5, 5.41) is 0. The van der Waals surface area contributed by atoms with E-state index in [2.05, 4.69) is 4.98 Å². The third kappa shape index (κ3) is 5.04. The van der Waals surface area contributed by atoms with Crippen molar-refractivity contribution in [1.82, 2.24) is 9.55 Å². The normalized spacial score (nSPS) is 24.6. The van der Waals surface area contributed by atoms with Gasteiger partial charge in [-0.15, -0.1) is 0 Å². The number of carbonyl (C=O) groups is 2. The van der Waals surface area contributed by atoms with Crippen LogP contribution in [-0.4, -0.2) is 53.0 Å². The maximum atomic E-state index is 12.2. The molecule has 1 aliphatic rings. The van der Waals surface area contributed by atoms with E-state index >= 15 is 0 Å². The number of hydrogen-bond acceptors (Lipinski definition) is 8. The lowest BCUT2D eigenvalue weighted by atomic mass is 10.1. The quantitative estimate of drug-likeness (QED) is 0.626. The first kappa shape index (κ1) is 20.8. The van der Waals surface area contributed by atoms with Gasteiger partial charge in [0.1, 0.15) is 6.10 Å². The van der Waals surface area contributed by atoms with Crippen LogP contribution in [0.4, 0.5) is 0 Å². The average Bonchev–Trinajstić information content (AvgIpc) is 2.96. The molecule has 1 N–H and O–H groups in total. The van der Waals surface area contributed by atoms with Crippen molar-refractivity contribution in [3.8, 4) is 0 Å². The number of aromatic amines is 1. The van der Waals surface area contributed by atoms with E-state index in [1.54, 1.807) is 20.8 Å². The topological polar surface area (TPSA) is 126 Å². The molecule has 150 valence electrons. The minimum Gasteiger partial charge on any atom is -0.455 e. The molecule has 1 aromatic rings. The standard InChI is InChI=1S/C17H24N2O8/c1-4-12(21)26-14-10(9-24-6-3)25-16(15(14)27-13(22)5-2)19-8-7-11(20)18-17(19)23/h7-8,10,14-16H,4-6,9H2,1-3H3,(H,18,20,23)/t10-,14?,15+,16-/m1/s1. The number of nitrogens with one attached hydrogen (secondary N) is 1. The van der Waals surface area contributed by atoms with E-state index in [0.717, 1.165) is 10.6 Å². The van der Waals surface area contributed by atoms with E-state index in [1.807, 2.05) is 0 Å². The van der Waals surface area contributed by atoms with Crippen LogP contribution in [0, 0.1) is 0 Å². The van der Waals surface area contributed by atoms with Gasteiger partial charge < -0.3 is 18.9 Å². The fourth-order valence-electron chi connectivity index (χ4n) is 2.67. The summed E-state index contributed by atoms with van der Waals surface area (Å²) < 4.78 is 23.2. The third-order valence-electron chi connectivity index (χ3n) is 4.01. The number of rotatable bonds is 8. The number of carbonyl (C=O) groups excluding carboxylic acids is 2. The van der Waals surface area contributed by atoms with Gasteiger partial charge in [0, 0.05) is 31.7 Å². The lowest BCUT2D eigenvalue weighted by Crippen LogP contribution is -2.42. The Kier molecular flexibility index (Phi) is 7.31. The van der Waals surface area contributed by atoms with Crippen LogP contribution in [0.3, 0.4) is 0 Å². The second-order valence-electron chi connectivity index (χ2n) is 5.86. The average molecular weight is 384 g/mol. The van der Waals surface area contributed by atoms with Crippen molar-refractivity contribution in [2.75, 3.05) is 13.2 Å². The molecule has 10 heteroatoms. The van der Waals surface area contributed by atoms with Gasteiger partial charge in [0.25, 0.3) is 5.56 Å². The van der Waals surface area contributed by atoms with E-state index in [0.29, 0.717) is 6.61 Å². The first-order valence-electron chi connectivity index (χ1n) is 8.84. The summed E-state index contributed by atoms with van der Waals surface area (Å²) in [6, 6.07) is 1.15. The van der Waals surface area contributed by atoms with Crippen LogP contribution < -0.4 is 11.2 Å². The molecule has 1 fully saturated rings. The summed E-state index contributed by atoms with van der Waals surface area (Å²) in [5.41, 5.74) is -1.31. The van der Waals surface area contributed by atoms with Gasteiger partial charge in [-0.25, -0.2) is 4.79 Å².